The number of hydroxylamine groups is 1. The number of para-hydroxylation sites is 1. The molecule has 0 bridgehead atoms. The van der Waals surface area contributed by atoms with E-state index >= 15 is 0 Å². The summed E-state index contributed by atoms with van der Waals surface area (Å²) in [4.78, 5) is 39.8. The summed E-state index contributed by atoms with van der Waals surface area (Å²) in [6, 6.07) is 13.6. The lowest BCUT2D eigenvalue weighted by molar-refractivity contribution is -0.124. The smallest absolute Gasteiger partial charge is 0.408 e. The van der Waals surface area contributed by atoms with Gasteiger partial charge < -0.3 is 20.4 Å². The maximum Gasteiger partial charge on any atom is 0.408 e. The number of hydrogen-bond acceptors (Lipinski definition) is 5. The van der Waals surface area contributed by atoms with Crippen molar-refractivity contribution in [3.05, 3.63) is 71.9 Å². The highest BCUT2D eigenvalue weighted by Crippen LogP contribution is 2.20. The topological polar surface area (TPSA) is 133 Å². The Morgan fingerprint density at radius 1 is 1.09 bits per heavy atom. The Bertz CT molecular complexity index is 1190. The van der Waals surface area contributed by atoms with Gasteiger partial charge in [-0.2, -0.15) is 0 Å². The molecule has 5 N–H and O–H groups in total. The Morgan fingerprint density at radius 2 is 1.79 bits per heavy atom. The highest BCUT2D eigenvalue weighted by atomic mass is 16.6. The summed E-state index contributed by atoms with van der Waals surface area (Å²) >= 11 is 0. The Labute approximate surface area is 197 Å². The average molecular weight is 465 g/mol. The molecule has 0 saturated carbocycles. The lowest BCUT2D eigenvalue weighted by Crippen LogP contribution is -2.47. The van der Waals surface area contributed by atoms with Crippen molar-refractivity contribution in [2.45, 2.75) is 38.8 Å². The van der Waals surface area contributed by atoms with Crippen molar-refractivity contribution in [2.24, 2.45) is 0 Å². The lowest BCUT2D eigenvalue weighted by Gasteiger charge is -2.23. The fraction of sp³-hybridized carbons (Fsp3) is 0.240. The summed E-state index contributed by atoms with van der Waals surface area (Å²) < 4.78 is 5.35. The van der Waals surface area contributed by atoms with Crippen LogP contribution in [0.4, 0.5) is 10.5 Å². The van der Waals surface area contributed by atoms with E-state index in [1.54, 1.807) is 45.0 Å². The Morgan fingerprint density at radius 3 is 2.47 bits per heavy atom. The van der Waals surface area contributed by atoms with Gasteiger partial charge in [0.05, 0.1) is 0 Å². The molecular weight excluding hydrogens is 436 g/mol. The molecule has 0 aliphatic heterocycles. The van der Waals surface area contributed by atoms with Crippen LogP contribution in [-0.4, -0.2) is 39.7 Å². The molecule has 178 valence electrons. The van der Waals surface area contributed by atoms with E-state index in [9.17, 15) is 14.4 Å². The minimum atomic E-state index is -0.887. The molecule has 0 fully saturated rings. The van der Waals surface area contributed by atoms with Crippen LogP contribution in [0.2, 0.25) is 0 Å². The number of amides is 3. The van der Waals surface area contributed by atoms with Crippen molar-refractivity contribution in [3.63, 3.8) is 0 Å². The molecule has 1 unspecified atom stereocenters. The van der Waals surface area contributed by atoms with Crippen molar-refractivity contribution in [2.75, 3.05) is 5.32 Å². The second kappa shape index (κ2) is 10.7. The number of rotatable bonds is 7. The molecule has 1 heterocycles. The van der Waals surface area contributed by atoms with Crippen LogP contribution < -0.4 is 16.1 Å². The molecule has 1 atom stereocenters. The second-order valence-electron chi connectivity index (χ2n) is 8.68. The largest absolute Gasteiger partial charge is 0.444 e. The van der Waals surface area contributed by atoms with E-state index in [0.717, 1.165) is 16.5 Å². The first-order valence-corrected chi connectivity index (χ1v) is 10.7. The Balaban J connectivity index is 1.76. The van der Waals surface area contributed by atoms with Gasteiger partial charge in [-0.05, 0) is 56.2 Å². The third-order valence-corrected chi connectivity index (χ3v) is 4.82. The van der Waals surface area contributed by atoms with Gasteiger partial charge >= 0.3 is 6.09 Å². The molecule has 3 amide bonds. The number of fused-ring (bicyclic) bond motifs is 1. The monoisotopic (exact) mass is 464 g/mol. The number of hydrogen-bond donors (Lipinski definition) is 5. The third kappa shape index (κ3) is 6.94. The predicted octanol–water partition coefficient (Wildman–Crippen LogP) is 3.76. The first kappa shape index (κ1) is 24.5. The number of anilines is 1. The summed E-state index contributed by atoms with van der Waals surface area (Å²) in [5, 5.41) is 15.0. The zero-order valence-corrected chi connectivity index (χ0v) is 19.2. The maximum atomic E-state index is 13.1. The van der Waals surface area contributed by atoms with E-state index < -0.39 is 29.6 Å². The molecule has 1 aromatic heterocycles. The van der Waals surface area contributed by atoms with Gasteiger partial charge in [-0.15, -0.1) is 0 Å². The average Bonchev–Trinajstić information content (AvgIpc) is 3.19. The zero-order chi connectivity index (χ0) is 24.7. The molecule has 9 nitrogen and oxygen atoms in total. The van der Waals surface area contributed by atoms with Crippen LogP contribution in [0.3, 0.4) is 0 Å². The van der Waals surface area contributed by atoms with Gasteiger partial charge in [0.25, 0.3) is 5.91 Å². The number of carbonyl (C=O) groups is 3. The quantitative estimate of drug-likeness (QED) is 0.206. The second-order valence-corrected chi connectivity index (χ2v) is 8.68. The maximum absolute atomic E-state index is 13.1. The predicted molar refractivity (Wildman–Crippen MR) is 129 cm³/mol. The van der Waals surface area contributed by atoms with E-state index in [4.69, 9.17) is 9.94 Å². The van der Waals surface area contributed by atoms with Crippen molar-refractivity contribution >= 4 is 40.6 Å². The molecule has 3 aromatic rings. The normalized spacial score (nSPS) is 12.4. The van der Waals surface area contributed by atoms with Crippen molar-refractivity contribution in [3.8, 4) is 0 Å². The first-order valence-electron chi connectivity index (χ1n) is 10.7. The number of H-pyrrole nitrogens is 1. The van der Waals surface area contributed by atoms with Crippen LogP contribution in [0.25, 0.3) is 17.0 Å². The van der Waals surface area contributed by atoms with Crippen LogP contribution in [0.1, 0.15) is 31.9 Å². The van der Waals surface area contributed by atoms with E-state index in [0.29, 0.717) is 11.3 Å². The Hall–Kier alpha value is -4.11. The standard InChI is InChI=1S/C25H28N4O5/c1-25(2,3)34-24(32)28-21(14-17-15-26-20-7-5-4-6-19(17)20)23(31)27-18-11-8-16(9-12-18)10-13-22(30)29-33/h4-13,15,21,26,33H,14H2,1-3H3,(H,27,31)(H,28,32)(H,29,30)/b13-10+. The minimum absolute atomic E-state index is 0.256. The number of alkyl carbamates (subject to hydrolysis) is 1. The van der Waals surface area contributed by atoms with E-state index in [-0.39, 0.29) is 6.42 Å². The molecule has 9 heteroatoms. The fourth-order valence-corrected chi connectivity index (χ4v) is 3.30. The Kier molecular flexibility index (Phi) is 7.70. The number of carbonyl (C=O) groups excluding carboxylic acids is 3. The van der Waals surface area contributed by atoms with Gasteiger partial charge in [0, 0.05) is 35.3 Å². The molecule has 2 aromatic carbocycles. The van der Waals surface area contributed by atoms with Crippen LogP contribution in [0.15, 0.2) is 60.8 Å². The summed E-state index contributed by atoms with van der Waals surface area (Å²) in [5.41, 5.74) is 3.84. The van der Waals surface area contributed by atoms with Crippen LogP contribution in [0, 0.1) is 0 Å². The minimum Gasteiger partial charge on any atom is -0.444 e. The summed E-state index contributed by atoms with van der Waals surface area (Å²) in [6.07, 6.45) is 4.09. The lowest BCUT2D eigenvalue weighted by atomic mass is 10.0. The SMILES string of the molecule is CC(C)(C)OC(=O)NC(Cc1c[nH]c2ccccc12)C(=O)Nc1ccc(/C=C/C(=O)NO)cc1. The summed E-state index contributed by atoms with van der Waals surface area (Å²) in [5.74, 6) is -1.05. The van der Waals surface area contributed by atoms with Gasteiger partial charge in [-0.1, -0.05) is 30.3 Å². The van der Waals surface area contributed by atoms with Crippen molar-refractivity contribution in [1.29, 1.82) is 0 Å². The van der Waals surface area contributed by atoms with Crippen molar-refractivity contribution in [1.82, 2.24) is 15.8 Å². The number of aromatic amines is 1. The van der Waals surface area contributed by atoms with Crippen molar-refractivity contribution < 1.29 is 24.3 Å². The molecule has 0 saturated heterocycles. The van der Waals surface area contributed by atoms with Crippen LogP contribution >= 0.6 is 0 Å². The highest BCUT2D eigenvalue weighted by Gasteiger charge is 2.25. The molecular formula is C25H28N4O5. The number of ether oxygens (including phenoxy) is 1. The van der Waals surface area contributed by atoms with Gasteiger partial charge in [0.15, 0.2) is 0 Å². The van der Waals surface area contributed by atoms with E-state index in [1.807, 2.05) is 30.5 Å². The summed E-state index contributed by atoms with van der Waals surface area (Å²) in [6.45, 7) is 5.25. The van der Waals surface area contributed by atoms with E-state index in [2.05, 4.69) is 15.6 Å². The van der Waals surface area contributed by atoms with E-state index in [1.165, 1.54) is 17.6 Å². The molecule has 0 radical (unpaired) electrons. The molecule has 0 aliphatic rings. The van der Waals surface area contributed by atoms with Gasteiger partial charge in [0.2, 0.25) is 5.91 Å². The molecule has 34 heavy (non-hydrogen) atoms. The molecule has 3 rings (SSSR count). The number of benzene rings is 2. The number of nitrogens with one attached hydrogen (secondary N) is 4. The zero-order valence-electron chi connectivity index (χ0n) is 19.2. The molecule has 0 aliphatic carbocycles. The molecule has 0 spiro atoms. The van der Waals surface area contributed by atoms with Crippen LogP contribution in [-0.2, 0) is 20.7 Å². The first-order chi connectivity index (χ1) is 16.1. The van der Waals surface area contributed by atoms with Gasteiger partial charge in [-0.25, -0.2) is 10.3 Å². The van der Waals surface area contributed by atoms with Gasteiger partial charge in [-0.3, -0.25) is 14.8 Å². The summed E-state index contributed by atoms with van der Waals surface area (Å²) in [7, 11) is 0. The van der Waals surface area contributed by atoms with Gasteiger partial charge in [0.1, 0.15) is 11.6 Å². The highest BCUT2D eigenvalue weighted by molar-refractivity contribution is 5.97. The fourth-order valence-electron chi connectivity index (χ4n) is 3.30. The third-order valence-electron chi connectivity index (χ3n) is 4.82. The van der Waals surface area contributed by atoms with Crippen LogP contribution in [0.5, 0.6) is 0 Å². The number of aromatic nitrogens is 1.